The second-order valence-corrected chi connectivity index (χ2v) is 5.90. The van der Waals surface area contributed by atoms with Crippen molar-refractivity contribution >= 4 is 11.7 Å². The Morgan fingerprint density at radius 1 is 1.14 bits per heavy atom. The number of nitrogens with zero attached hydrogens (tertiary/aromatic N) is 5. The molecule has 0 unspecified atom stereocenters. The molecule has 0 spiro atoms. The normalized spacial score (nSPS) is 10.6. The number of anilines is 1. The Hall–Kier alpha value is -4.21. The lowest BCUT2D eigenvalue weighted by atomic mass is 10.1. The van der Waals surface area contributed by atoms with Gasteiger partial charge in [0.1, 0.15) is 29.3 Å². The van der Waals surface area contributed by atoms with E-state index in [1.807, 2.05) is 0 Å². The molecule has 4 aromatic rings. The van der Waals surface area contributed by atoms with Crippen LogP contribution in [-0.2, 0) is 0 Å². The van der Waals surface area contributed by atoms with Gasteiger partial charge in [-0.15, -0.1) is 0 Å². The van der Waals surface area contributed by atoms with Crippen LogP contribution in [0, 0.1) is 0 Å². The van der Waals surface area contributed by atoms with Gasteiger partial charge in [0.2, 0.25) is 0 Å². The molecule has 10 nitrogen and oxygen atoms in total. The van der Waals surface area contributed by atoms with Crippen molar-refractivity contribution in [1.82, 2.24) is 29.9 Å². The van der Waals surface area contributed by atoms with Crippen molar-refractivity contribution in [3.8, 4) is 28.6 Å². The van der Waals surface area contributed by atoms with Gasteiger partial charge < -0.3 is 14.8 Å². The average Bonchev–Trinajstić information content (AvgIpc) is 3.46. The summed E-state index contributed by atoms with van der Waals surface area (Å²) in [6.45, 7) is 0. The molecule has 10 heteroatoms. The predicted octanol–water partition coefficient (Wildman–Crippen LogP) is 2.32. The minimum absolute atomic E-state index is 0.268. The Bertz CT molecular complexity index is 1140. The highest BCUT2D eigenvalue weighted by Crippen LogP contribution is 2.32. The van der Waals surface area contributed by atoms with E-state index in [0.29, 0.717) is 34.4 Å². The molecule has 3 aromatic heterocycles. The number of carbonyl (C=O) groups excluding carboxylic acids is 1. The Labute approximate surface area is 165 Å². The van der Waals surface area contributed by atoms with Crippen LogP contribution in [0.15, 0.2) is 55.1 Å². The molecule has 0 atom stereocenters. The smallest absolute Gasteiger partial charge is 0.274 e. The van der Waals surface area contributed by atoms with Gasteiger partial charge in [-0.1, -0.05) is 0 Å². The number of amides is 1. The fraction of sp³-hybridized carbons (Fsp3) is 0.105. The van der Waals surface area contributed by atoms with Gasteiger partial charge in [0.15, 0.2) is 5.82 Å². The highest BCUT2D eigenvalue weighted by molar-refractivity contribution is 6.03. The summed E-state index contributed by atoms with van der Waals surface area (Å²) in [5, 5.41) is 13.8. The van der Waals surface area contributed by atoms with Crippen molar-refractivity contribution in [3.63, 3.8) is 0 Å². The van der Waals surface area contributed by atoms with Crippen molar-refractivity contribution in [2.45, 2.75) is 0 Å². The molecule has 0 fully saturated rings. The van der Waals surface area contributed by atoms with Crippen LogP contribution in [0.1, 0.15) is 10.5 Å². The number of benzene rings is 1. The molecule has 0 bridgehead atoms. The SMILES string of the molecule is COc1ccc(OC)c(-c2cc(C(=O)Nc3cc(-n4cccn4)ncn3)[nH]n2)c1. The lowest BCUT2D eigenvalue weighted by Gasteiger charge is -2.08. The number of hydrogen-bond donors (Lipinski definition) is 2. The van der Waals surface area contributed by atoms with E-state index < -0.39 is 5.91 Å². The molecule has 4 rings (SSSR count). The third kappa shape index (κ3) is 3.76. The Balaban J connectivity index is 1.56. The summed E-state index contributed by atoms with van der Waals surface area (Å²) in [6.07, 6.45) is 4.74. The third-order valence-electron chi connectivity index (χ3n) is 4.14. The maximum Gasteiger partial charge on any atom is 0.274 e. The first-order chi connectivity index (χ1) is 14.2. The highest BCUT2D eigenvalue weighted by atomic mass is 16.5. The van der Waals surface area contributed by atoms with Gasteiger partial charge in [-0.2, -0.15) is 10.2 Å². The van der Waals surface area contributed by atoms with Gasteiger partial charge in [0.25, 0.3) is 5.91 Å². The molecule has 0 saturated heterocycles. The summed E-state index contributed by atoms with van der Waals surface area (Å²) >= 11 is 0. The molecular formula is C19H17N7O3. The van der Waals surface area contributed by atoms with Crippen LogP contribution < -0.4 is 14.8 Å². The van der Waals surface area contributed by atoms with E-state index in [0.717, 1.165) is 0 Å². The molecule has 0 aliphatic heterocycles. The maximum absolute atomic E-state index is 12.6. The van der Waals surface area contributed by atoms with Crippen molar-refractivity contribution in [1.29, 1.82) is 0 Å². The van der Waals surface area contributed by atoms with E-state index in [1.54, 1.807) is 67.7 Å². The van der Waals surface area contributed by atoms with E-state index in [2.05, 4.69) is 30.6 Å². The fourth-order valence-corrected chi connectivity index (χ4v) is 2.72. The number of rotatable bonds is 6. The zero-order valence-electron chi connectivity index (χ0n) is 15.7. The van der Waals surface area contributed by atoms with Crippen molar-refractivity contribution in [2.24, 2.45) is 0 Å². The largest absolute Gasteiger partial charge is 0.497 e. The van der Waals surface area contributed by atoms with E-state index >= 15 is 0 Å². The first kappa shape index (κ1) is 18.2. The molecule has 0 radical (unpaired) electrons. The number of nitrogens with one attached hydrogen (secondary N) is 2. The second-order valence-electron chi connectivity index (χ2n) is 5.90. The van der Waals surface area contributed by atoms with Crippen LogP contribution in [0.5, 0.6) is 11.5 Å². The summed E-state index contributed by atoms with van der Waals surface area (Å²) < 4.78 is 12.2. The Morgan fingerprint density at radius 2 is 2.03 bits per heavy atom. The lowest BCUT2D eigenvalue weighted by Crippen LogP contribution is -2.14. The summed E-state index contributed by atoms with van der Waals surface area (Å²) in [6, 6.07) is 10.4. The van der Waals surface area contributed by atoms with E-state index in [9.17, 15) is 4.79 Å². The average molecular weight is 391 g/mol. The maximum atomic E-state index is 12.6. The van der Waals surface area contributed by atoms with Crippen LogP contribution in [0.2, 0.25) is 0 Å². The van der Waals surface area contributed by atoms with Gasteiger partial charge in [0.05, 0.1) is 19.9 Å². The zero-order chi connectivity index (χ0) is 20.2. The minimum Gasteiger partial charge on any atom is -0.497 e. The van der Waals surface area contributed by atoms with Crippen molar-refractivity contribution in [3.05, 3.63) is 60.8 Å². The molecule has 29 heavy (non-hydrogen) atoms. The predicted molar refractivity (Wildman–Crippen MR) is 104 cm³/mol. The molecule has 2 N–H and O–H groups in total. The van der Waals surface area contributed by atoms with Gasteiger partial charge in [-0.05, 0) is 30.3 Å². The molecule has 0 aliphatic rings. The first-order valence-corrected chi connectivity index (χ1v) is 8.59. The molecule has 0 saturated carbocycles. The highest BCUT2D eigenvalue weighted by Gasteiger charge is 2.16. The minimum atomic E-state index is -0.393. The Morgan fingerprint density at radius 3 is 2.79 bits per heavy atom. The van der Waals surface area contributed by atoms with Crippen LogP contribution in [0.25, 0.3) is 17.1 Å². The number of aromatic nitrogens is 6. The van der Waals surface area contributed by atoms with Crippen molar-refractivity contribution < 1.29 is 14.3 Å². The van der Waals surface area contributed by atoms with Crippen LogP contribution in [0.4, 0.5) is 5.82 Å². The molecule has 3 heterocycles. The van der Waals surface area contributed by atoms with Crippen LogP contribution in [0.3, 0.4) is 0 Å². The summed E-state index contributed by atoms with van der Waals surface area (Å²) in [7, 11) is 3.14. The number of hydrogen-bond acceptors (Lipinski definition) is 7. The van der Waals surface area contributed by atoms with E-state index in [4.69, 9.17) is 9.47 Å². The number of aromatic amines is 1. The van der Waals surface area contributed by atoms with Gasteiger partial charge in [-0.3, -0.25) is 9.89 Å². The van der Waals surface area contributed by atoms with Crippen LogP contribution >= 0.6 is 0 Å². The number of ether oxygens (including phenoxy) is 2. The summed E-state index contributed by atoms with van der Waals surface area (Å²) in [5.74, 6) is 1.75. The van der Waals surface area contributed by atoms with E-state index in [-0.39, 0.29) is 5.69 Å². The molecule has 1 aromatic carbocycles. The van der Waals surface area contributed by atoms with Gasteiger partial charge >= 0.3 is 0 Å². The van der Waals surface area contributed by atoms with Gasteiger partial charge in [0, 0.05) is 24.0 Å². The standard InChI is InChI=1S/C19H17N7O3/c1-28-12-4-5-16(29-2)13(8-12)14-9-15(25-24-14)19(27)23-17-10-18(21-11-20-17)26-7-3-6-22-26/h3-11H,1-2H3,(H,24,25)(H,20,21,23,27). The number of H-pyrrole nitrogens is 1. The van der Waals surface area contributed by atoms with Crippen molar-refractivity contribution in [2.75, 3.05) is 19.5 Å². The van der Waals surface area contributed by atoms with E-state index in [1.165, 1.54) is 6.33 Å². The zero-order valence-corrected chi connectivity index (χ0v) is 15.7. The fourth-order valence-electron chi connectivity index (χ4n) is 2.72. The second kappa shape index (κ2) is 7.80. The topological polar surface area (TPSA) is 120 Å². The Kier molecular flexibility index (Phi) is 4.89. The summed E-state index contributed by atoms with van der Waals surface area (Å²) in [4.78, 5) is 20.8. The van der Waals surface area contributed by atoms with Crippen LogP contribution in [-0.4, -0.2) is 50.1 Å². The quantitative estimate of drug-likeness (QED) is 0.517. The number of carbonyl (C=O) groups is 1. The monoisotopic (exact) mass is 391 g/mol. The summed E-state index contributed by atoms with van der Waals surface area (Å²) in [5.41, 5.74) is 1.51. The molecule has 0 aliphatic carbocycles. The third-order valence-corrected chi connectivity index (χ3v) is 4.14. The lowest BCUT2D eigenvalue weighted by molar-refractivity contribution is 0.102. The van der Waals surface area contributed by atoms with Gasteiger partial charge in [-0.25, -0.2) is 14.6 Å². The molecule has 1 amide bonds. The molecule has 146 valence electrons. The first-order valence-electron chi connectivity index (χ1n) is 8.59. The molecular weight excluding hydrogens is 374 g/mol. The number of methoxy groups -OCH3 is 2.